The van der Waals surface area contributed by atoms with Gasteiger partial charge in [0.15, 0.2) is 5.96 Å². The molecular weight excluding hydrogens is 384 g/mol. The van der Waals surface area contributed by atoms with Gasteiger partial charge >= 0.3 is 0 Å². The summed E-state index contributed by atoms with van der Waals surface area (Å²) in [5.74, 6) is 0.468. The Hall–Kier alpha value is -0.200. The Kier molecular flexibility index (Phi) is 9.59. The molecule has 3 nitrogen and oxygen atoms in total. The van der Waals surface area contributed by atoms with E-state index in [1.54, 1.807) is 0 Å². The summed E-state index contributed by atoms with van der Waals surface area (Å²) in [4.78, 5) is 4.14. The van der Waals surface area contributed by atoms with E-state index in [0.717, 1.165) is 24.9 Å². The van der Waals surface area contributed by atoms with Crippen molar-refractivity contribution in [2.45, 2.75) is 19.8 Å². The maximum Gasteiger partial charge on any atom is 0.188 e. The molecule has 1 rings (SSSR count). The lowest BCUT2D eigenvalue weighted by Gasteiger charge is -2.08. The number of aliphatic imine (C=N–C) groups is 1. The van der Waals surface area contributed by atoms with Gasteiger partial charge in [-0.3, -0.25) is 4.99 Å². The average molecular weight is 402 g/mol. The van der Waals surface area contributed by atoms with Crippen LogP contribution >= 0.6 is 47.2 Å². The average Bonchev–Trinajstić information content (AvgIpc) is 2.30. The smallest absolute Gasteiger partial charge is 0.188 e. The molecule has 0 amide bonds. The third kappa shape index (κ3) is 6.11. The summed E-state index contributed by atoms with van der Waals surface area (Å²) in [5.41, 5.74) is 6.61. The van der Waals surface area contributed by atoms with E-state index in [-0.39, 0.29) is 24.0 Å². The number of nitrogens with one attached hydrogen (secondary N) is 1. The van der Waals surface area contributed by atoms with Crippen LogP contribution in [0.25, 0.3) is 0 Å². The number of nitrogens with two attached hydrogens (primary N) is 1. The van der Waals surface area contributed by atoms with Crippen molar-refractivity contribution in [3.63, 3.8) is 0 Å². The van der Waals surface area contributed by atoms with E-state index in [1.807, 2.05) is 18.2 Å². The summed E-state index contributed by atoms with van der Waals surface area (Å²) in [5, 5.41) is 4.40. The first kappa shape index (κ1) is 17.8. The first-order valence-electron chi connectivity index (χ1n) is 5.61. The van der Waals surface area contributed by atoms with Crippen molar-refractivity contribution in [2.24, 2.45) is 10.7 Å². The highest BCUT2D eigenvalue weighted by molar-refractivity contribution is 14.0. The van der Waals surface area contributed by atoms with Crippen LogP contribution in [0.5, 0.6) is 0 Å². The van der Waals surface area contributed by atoms with Crippen LogP contribution < -0.4 is 11.1 Å². The first-order chi connectivity index (χ1) is 8.15. The molecule has 3 N–H and O–H groups in total. The number of hydrogen-bond acceptors (Lipinski definition) is 1. The molecule has 0 aliphatic carbocycles. The fourth-order valence-electron chi connectivity index (χ4n) is 1.37. The normalized spacial score (nSPS) is 10.9. The van der Waals surface area contributed by atoms with Gasteiger partial charge in [-0.05, 0) is 30.5 Å². The van der Waals surface area contributed by atoms with Crippen molar-refractivity contribution in [1.29, 1.82) is 0 Å². The number of halogens is 3. The molecular formula is C12H18Cl2IN3. The maximum absolute atomic E-state index is 6.05. The molecule has 1 aromatic carbocycles. The van der Waals surface area contributed by atoms with Gasteiger partial charge in [-0.15, -0.1) is 24.0 Å². The molecule has 0 heterocycles. The summed E-state index contributed by atoms with van der Waals surface area (Å²) in [7, 11) is 0. The molecule has 1 aromatic rings. The molecule has 6 heteroatoms. The van der Waals surface area contributed by atoms with E-state index in [0.29, 0.717) is 22.5 Å². The SMILES string of the molecule is CCCN=C(N)NCCc1c(Cl)cccc1Cl.I. The molecule has 0 bridgehead atoms. The Morgan fingerprint density at radius 3 is 2.50 bits per heavy atom. The topological polar surface area (TPSA) is 50.4 Å². The first-order valence-corrected chi connectivity index (χ1v) is 6.37. The predicted molar refractivity (Wildman–Crippen MR) is 90.4 cm³/mol. The highest BCUT2D eigenvalue weighted by Gasteiger charge is 2.04. The summed E-state index contributed by atoms with van der Waals surface area (Å²) >= 11 is 12.1. The van der Waals surface area contributed by atoms with Crippen molar-refractivity contribution in [3.05, 3.63) is 33.8 Å². The van der Waals surface area contributed by atoms with E-state index < -0.39 is 0 Å². The highest BCUT2D eigenvalue weighted by Crippen LogP contribution is 2.24. The fraction of sp³-hybridized carbons (Fsp3) is 0.417. The minimum absolute atomic E-state index is 0. The molecule has 0 fully saturated rings. The van der Waals surface area contributed by atoms with E-state index >= 15 is 0 Å². The zero-order valence-electron chi connectivity index (χ0n) is 10.2. The number of hydrogen-bond donors (Lipinski definition) is 2. The van der Waals surface area contributed by atoms with Crippen LogP contribution in [0.15, 0.2) is 23.2 Å². The largest absolute Gasteiger partial charge is 0.370 e. The van der Waals surface area contributed by atoms with Crippen LogP contribution in [0.1, 0.15) is 18.9 Å². The van der Waals surface area contributed by atoms with E-state index in [2.05, 4.69) is 17.2 Å². The van der Waals surface area contributed by atoms with Crippen LogP contribution in [0.2, 0.25) is 10.0 Å². The summed E-state index contributed by atoms with van der Waals surface area (Å²) in [6.07, 6.45) is 1.71. The Balaban J connectivity index is 0.00000289. The molecule has 0 aromatic heterocycles. The summed E-state index contributed by atoms with van der Waals surface area (Å²) in [6.45, 7) is 3.47. The highest BCUT2D eigenvalue weighted by atomic mass is 127. The number of nitrogens with zero attached hydrogens (tertiary/aromatic N) is 1. The number of rotatable bonds is 5. The van der Waals surface area contributed by atoms with Crippen molar-refractivity contribution < 1.29 is 0 Å². The Morgan fingerprint density at radius 1 is 1.33 bits per heavy atom. The quantitative estimate of drug-likeness (QED) is 0.451. The van der Waals surface area contributed by atoms with Gasteiger partial charge in [0.1, 0.15) is 0 Å². The summed E-state index contributed by atoms with van der Waals surface area (Å²) in [6, 6.07) is 5.49. The van der Waals surface area contributed by atoms with Gasteiger partial charge < -0.3 is 11.1 Å². The predicted octanol–water partition coefficient (Wildman–Crippen LogP) is 3.47. The minimum Gasteiger partial charge on any atom is -0.370 e. The summed E-state index contributed by atoms with van der Waals surface area (Å²) < 4.78 is 0. The second-order valence-electron chi connectivity index (χ2n) is 3.64. The van der Waals surface area contributed by atoms with E-state index in [9.17, 15) is 0 Å². The van der Waals surface area contributed by atoms with Gasteiger partial charge in [0.2, 0.25) is 0 Å². The van der Waals surface area contributed by atoms with Crippen molar-refractivity contribution in [1.82, 2.24) is 5.32 Å². The van der Waals surface area contributed by atoms with Crippen LogP contribution in [-0.4, -0.2) is 19.0 Å². The van der Waals surface area contributed by atoms with Crippen molar-refractivity contribution in [3.8, 4) is 0 Å². The van der Waals surface area contributed by atoms with E-state index in [4.69, 9.17) is 28.9 Å². The molecule has 0 radical (unpaired) electrons. The van der Waals surface area contributed by atoms with Crippen LogP contribution in [0, 0.1) is 0 Å². The van der Waals surface area contributed by atoms with Crippen molar-refractivity contribution in [2.75, 3.05) is 13.1 Å². The Labute approximate surface area is 135 Å². The van der Waals surface area contributed by atoms with Gasteiger partial charge in [-0.25, -0.2) is 0 Å². The molecule has 0 unspecified atom stereocenters. The van der Waals surface area contributed by atoms with E-state index in [1.165, 1.54) is 0 Å². The third-order valence-corrected chi connectivity index (χ3v) is 2.96. The standard InChI is InChI=1S/C12H17Cl2N3.HI/c1-2-7-16-12(15)17-8-6-9-10(13)4-3-5-11(9)14;/h3-5H,2,6-8H2,1H3,(H3,15,16,17);1H. The molecule has 0 aliphatic heterocycles. The van der Waals surface area contributed by atoms with Gasteiger partial charge in [0, 0.05) is 23.1 Å². The molecule has 0 atom stereocenters. The van der Waals surface area contributed by atoms with Crippen molar-refractivity contribution >= 4 is 53.1 Å². The van der Waals surface area contributed by atoms with Crippen LogP contribution in [-0.2, 0) is 6.42 Å². The zero-order chi connectivity index (χ0) is 12.7. The maximum atomic E-state index is 6.05. The lowest BCUT2D eigenvalue weighted by Crippen LogP contribution is -2.33. The van der Waals surface area contributed by atoms with Crippen LogP contribution in [0.4, 0.5) is 0 Å². The molecule has 0 saturated carbocycles. The van der Waals surface area contributed by atoms with Gasteiger partial charge in [-0.1, -0.05) is 36.2 Å². The third-order valence-electron chi connectivity index (χ3n) is 2.25. The lowest BCUT2D eigenvalue weighted by molar-refractivity contribution is 0.839. The van der Waals surface area contributed by atoms with Crippen LogP contribution in [0.3, 0.4) is 0 Å². The Bertz CT molecular complexity index is 377. The van der Waals surface area contributed by atoms with Gasteiger partial charge in [0.25, 0.3) is 0 Å². The number of guanidine groups is 1. The lowest BCUT2D eigenvalue weighted by atomic mass is 10.1. The molecule has 0 aliphatic rings. The molecule has 0 saturated heterocycles. The van der Waals surface area contributed by atoms with Gasteiger partial charge in [0.05, 0.1) is 0 Å². The zero-order valence-corrected chi connectivity index (χ0v) is 14.1. The minimum atomic E-state index is 0. The Morgan fingerprint density at radius 2 is 1.94 bits per heavy atom. The molecule has 0 spiro atoms. The van der Waals surface area contributed by atoms with Gasteiger partial charge in [-0.2, -0.15) is 0 Å². The molecule has 18 heavy (non-hydrogen) atoms. The second kappa shape index (κ2) is 9.69. The fourth-order valence-corrected chi connectivity index (χ4v) is 1.96. The monoisotopic (exact) mass is 401 g/mol. The molecule has 102 valence electrons. The second-order valence-corrected chi connectivity index (χ2v) is 4.46. The number of benzene rings is 1.